The van der Waals surface area contributed by atoms with Crippen molar-refractivity contribution < 1.29 is 4.79 Å². The molecule has 1 atom stereocenters. The van der Waals surface area contributed by atoms with Crippen molar-refractivity contribution in [3.8, 4) is 0 Å². The lowest BCUT2D eigenvalue weighted by molar-refractivity contribution is 0.0931. The van der Waals surface area contributed by atoms with Gasteiger partial charge in [0.1, 0.15) is 0 Å². The summed E-state index contributed by atoms with van der Waals surface area (Å²) in [5, 5.41) is 0. The van der Waals surface area contributed by atoms with Crippen LogP contribution in [0.25, 0.3) is 0 Å². The summed E-state index contributed by atoms with van der Waals surface area (Å²) in [7, 11) is 0. The predicted octanol–water partition coefficient (Wildman–Crippen LogP) is 3.94. The van der Waals surface area contributed by atoms with Gasteiger partial charge in [0, 0.05) is 5.92 Å². The first-order valence-electron chi connectivity index (χ1n) is 4.36. The topological polar surface area (TPSA) is 17.1 Å². The zero-order chi connectivity index (χ0) is 10.0. The normalized spacial score (nSPS) is 12.9. The molecule has 1 aromatic rings. The van der Waals surface area contributed by atoms with E-state index in [1.807, 2.05) is 26.8 Å². The minimum absolute atomic E-state index is 0.106. The van der Waals surface area contributed by atoms with E-state index in [9.17, 15) is 4.79 Å². The number of thiophene rings is 1. The molecule has 0 saturated carbocycles. The van der Waals surface area contributed by atoms with Gasteiger partial charge in [0.2, 0.25) is 0 Å². The number of ketones is 1. The number of aryl methyl sites for hydroxylation is 1. The van der Waals surface area contributed by atoms with Crippen molar-refractivity contribution in [2.24, 2.45) is 5.92 Å². The van der Waals surface area contributed by atoms with Crippen LogP contribution in [0.15, 0.2) is 6.07 Å². The summed E-state index contributed by atoms with van der Waals surface area (Å²) in [5.41, 5.74) is 0.998. The Kier molecular flexibility index (Phi) is 3.51. The fraction of sp³-hybridized carbons (Fsp3) is 0.500. The van der Waals surface area contributed by atoms with Crippen LogP contribution in [0.2, 0.25) is 4.34 Å². The average Bonchev–Trinajstić information content (AvgIpc) is 2.44. The van der Waals surface area contributed by atoms with E-state index >= 15 is 0 Å². The van der Waals surface area contributed by atoms with Crippen LogP contribution in [-0.4, -0.2) is 5.78 Å². The van der Waals surface area contributed by atoms with Crippen molar-refractivity contribution >= 4 is 28.7 Å². The highest BCUT2D eigenvalue weighted by atomic mass is 35.5. The fourth-order valence-electron chi connectivity index (χ4n) is 1.01. The highest BCUT2D eigenvalue weighted by Gasteiger charge is 2.16. The second-order valence-electron chi connectivity index (χ2n) is 3.24. The van der Waals surface area contributed by atoms with E-state index in [1.165, 1.54) is 11.3 Å². The molecule has 0 fully saturated rings. The van der Waals surface area contributed by atoms with Gasteiger partial charge in [-0.15, -0.1) is 11.3 Å². The van der Waals surface area contributed by atoms with Crippen LogP contribution in [0.3, 0.4) is 0 Å². The van der Waals surface area contributed by atoms with Crippen LogP contribution in [0, 0.1) is 12.8 Å². The third kappa shape index (κ3) is 2.32. The van der Waals surface area contributed by atoms with Gasteiger partial charge in [-0.25, -0.2) is 0 Å². The highest BCUT2D eigenvalue weighted by molar-refractivity contribution is 7.18. The molecule has 0 aromatic carbocycles. The smallest absolute Gasteiger partial charge is 0.175 e. The summed E-state index contributed by atoms with van der Waals surface area (Å²) >= 11 is 7.27. The Morgan fingerprint density at radius 2 is 2.31 bits per heavy atom. The molecular formula is C10H13ClOS. The van der Waals surface area contributed by atoms with Crippen LogP contribution < -0.4 is 0 Å². The number of hydrogen-bond donors (Lipinski definition) is 0. The minimum Gasteiger partial charge on any atom is -0.293 e. The van der Waals surface area contributed by atoms with Crippen molar-refractivity contribution in [1.82, 2.24) is 0 Å². The highest BCUT2D eigenvalue weighted by Crippen LogP contribution is 2.28. The van der Waals surface area contributed by atoms with Crippen LogP contribution in [0.5, 0.6) is 0 Å². The minimum atomic E-state index is 0.106. The second-order valence-corrected chi connectivity index (χ2v) is 4.90. The first-order valence-corrected chi connectivity index (χ1v) is 5.55. The molecule has 1 nitrogen and oxygen atoms in total. The summed E-state index contributed by atoms with van der Waals surface area (Å²) in [6.45, 7) is 5.89. The maximum atomic E-state index is 11.7. The summed E-state index contributed by atoms with van der Waals surface area (Å²) in [6, 6.07) is 1.88. The molecule has 1 heterocycles. The van der Waals surface area contributed by atoms with Crippen molar-refractivity contribution in [2.75, 3.05) is 0 Å². The van der Waals surface area contributed by atoms with Gasteiger partial charge in [-0.3, -0.25) is 4.79 Å². The van der Waals surface area contributed by atoms with Gasteiger partial charge >= 0.3 is 0 Å². The van der Waals surface area contributed by atoms with Crippen molar-refractivity contribution in [3.05, 3.63) is 20.8 Å². The predicted molar refractivity (Wildman–Crippen MR) is 57.9 cm³/mol. The molecular weight excluding hydrogens is 204 g/mol. The molecule has 0 saturated heterocycles. The first kappa shape index (κ1) is 10.7. The van der Waals surface area contributed by atoms with Gasteiger partial charge in [0.15, 0.2) is 5.78 Å². The molecule has 0 amide bonds. The van der Waals surface area contributed by atoms with Gasteiger partial charge in [0.25, 0.3) is 0 Å². The summed E-state index contributed by atoms with van der Waals surface area (Å²) < 4.78 is 0.728. The molecule has 0 aliphatic heterocycles. The van der Waals surface area contributed by atoms with Crippen LogP contribution in [-0.2, 0) is 0 Å². The number of Topliss-reactive ketones (excluding diaryl/α,β-unsaturated/α-hetero) is 1. The molecule has 0 aliphatic carbocycles. The van der Waals surface area contributed by atoms with Crippen LogP contribution >= 0.6 is 22.9 Å². The Morgan fingerprint density at radius 1 is 1.69 bits per heavy atom. The SMILES string of the molecule is CCC(C)C(=O)c1cc(C)c(Cl)s1. The van der Waals surface area contributed by atoms with Crippen molar-refractivity contribution in [1.29, 1.82) is 0 Å². The monoisotopic (exact) mass is 216 g/mol. The quantitative estimate of drug-likeness (QED) is 0.700. The van der Waals surface area contributed by atoms with Crippen molar-refractivity contribution in [3.63, 3.8) is 0 Å². The third-order valence-corrected chi connectivity index (χ3v) is 3.73. The van der Waals surface area contributed by atoms with E-state index in [4.69, 9.17) is 11.6 Å². The molecule has 0 aliphatic rings. The third-order valence-electron chi connectivity index (χ3n) is 2.16. The Hall–Kier alpha value is -0.340. The molecule has 0 bridgehead atoms. The number of halogens is 1. The zero-order valence-corrected chi connectivity index (χ0v) is 9.63. The van der Waals surface area contributed by atoms with Gasteiger partial charge in [-0.1, -0.05) is 25.4 Å². The van der Waals surface area contributed by atoms with Crippen LogP contribution in [0.1, 0.15) is 35.5 Å². The van der Waals surface area contributed by atoms with Gasteiger partial charge < -0.3 is 0 Å². The molecule has 0 spiro atoms. The van der Waals surface area contributed by atoms with Gasteiger partial charge in [-0.05, 0) is 25.0 Å². The van der Waals surface area contributed by atoms with E-state index in [-0.39, 0.29) is 11.7 Å². The zero-order valence-electron chi connectivity index (χ0n) is 8.06. The lowest BCUT2D eigenvalue weighted by Crippen LogP contribution is -2.07. The van der Waals surface area contributed by atoms with Gasteiger partial charge in [0.05, 0.1) is 9.21 Å². The Morgan fingerprint density at radius 3 is 2.69 bits per heavy atom. The second kappa shape index (κ2) is 4.25. The van der Waals surface area contributed by atoms with E-state index in [1.54, 1.807) is 0 Å². The summed E-state index contributed by atoms with van der Waals surface area (Å²) in [5.74, 6) is 0.316. The standard InChI is InChI=1S/C10H13ClOS/c1-4-6(2)9(12)8-5-7(3)10(11)13-8/h5-6H,4H2,1-3H3. The lowest BCUT2D eigenvalue weighted by Gasteiger charge is -2.03. The molecule has 1 unspecified atom stereocenters. The number of carbonyl (C=O) groups excluding carboxylic acids is 1. The van der Waals surface area contributed by atoms with Gasteiger partial charge in [-0.2, -0.15) is 0 Å². The van der Waals surface area contributed by atoms with Crippen molar-refractivity contribution in [2.45, 2.75) is 27.2 Å². The number of rotatable bonds is 3. The Labute approximate surface area is 87.7 Å². The van der Waals surface area contributed by atoms with E-state index in [2.05, 4.69) is 0 Å². The summed E-state index contributed by atoms with van der Waals surface area (Å²) in [4.78, 5) is 12.5. The fourth-order valence-corrected chi connectivity index (χ4v) is 2.26. The summed E-state index contributed by atoms with van der Waals surface area (Å²) in [6.07, 6.45) is 0.882. The largest absolute Gasteiger partial charge is 0.293 e. The average molecular weight is 217 g/mol. The molecule has 1 aromatic heterocycles. The maximum Gasteiger partial charge on any atom is 0.175 e. The van der Waals surface area contributed by atoms with E-state index < -0.39 is 0 Å². The molecule has 13 heavy (non-hydrogen) atoms. The molecule has 0 radical (unpaired) electrons. The Bertz CT molecular complexity index is 297. The maximum absolute atomic E-state index is 11.7. The number of carbonyl (C=O) groups is 1. The van der Waals surface area contributed by atoms with E-state index in [0.717, 1.165) is 21.2 Å². The lowest BCUT2D eigenvalue weighted by atomic mass is 10.0. The molecule has 1 rings (SSSR count). The van der Waals surface area contributed by atoms with E-state index in [0.29, 0.717) is 0 Å². The molecule has 0 N–H and O–H groups in total. The molecule has 72 valence electrons. The van der Waals surface area contributed by atoms with Crippen LogP contribution in [0.4, 0.5) is 0 Å². The first-order chi connectivity index (χ1) is 6.06. The Balaban J connectivity index is 2.89. The molecule has 3 heteroatoms. The number of hydrogen-bond acceptors (Lipinski definition) is 2.